The van der Waals surface area contributed by atoms with Gasteiger partial charge in [0, 0.05) is 11.1 Å². The Labute approximate surface area is 111 Å². The summed E-state index contributed by atoms with van der Waals surface area (Å²) in [6.07, 6.45) is 0. The van der Waals surface area contributed by atoms with Crippen LogP contribution in [0, 0.1) is 12.7 Å². The molecule has 0 radical (unpaired) electrons. The lowest BCUT2D eigenvalue weighted by Gasteiger charge is -2.07. The SMILES string of the molecule is Cc1nc(Br)cc(Nc2ccc(Cl)cc2F)n1. The van der Waals surface area contributed by atoms with Gasteiger partial charge in [0.25, 0.3) is 0 Å². The van der Waals surface area contributed by atoms with Crippen LogP contribution in [0.4, 0.5) is 15.9 Å². The molecule has 2 rings (SSSR count). The lowest BCUT2D eigenvalue weighted by molar-refractivity contribution is 0.632. The third kappa shape index (κ3) is 3.14. The average Bonchev–Trinajstić information content (AvgIpc) is 2.21. The molecule has 0 aliphatic rings. The van der Waals surface area contributed by atoms with Gasteiger partial charge < -0.3 is 5.32 Å². The molecule has 0 bridgehead atoms. The fraction of sp³-hybridized carbons (Fsp3) is 0.0909. The van der Waals surface area contributed by atoms with E-state index < -0.39 is 5.82 Å². The van der Waals surface area contributed by atoms with Crippen LogP contribution in [0.5, 0.6) is 0 Å². The van der Waals surface area contributed by atoms with Crippen molar-refractivity contribution in [3.63, 3.8) is 0 Å². The van der Waals surface area contributed by atoms with Crippen molar-refractivity contribution in [2.24, 2.45) is 0 Å². The Kier molecular flexibility index (Phi) is 3.59. The second-order valence-corrected chi connectivity index (χ2v) is 4.62. The first kappa shape index (κ1) is 12.3. The first-order valence-corrected chi connectivity index (χ1v) is 5.95. The minimum absolute atomic E-state index is 0.319. The maximum absolute atomic E-state index is 13.5. The molecule has 88 valence electrons. The molecule has 1 heterocycles. The summed E-state index contributed by atoms with van der Waals surface area (Å²) in [5, 5.41) is 3.22. The molecule has 2 aromatic rings. The van der Waals surface area contributed by atoms with E-state index in [1.165, 1.54) is 6.07 Å². The van der Waals surface area contributed by atoms with E-state index in [1.54, 1.807) is 25.1 Å². The van der Waals surface area contributed by atoms with E-state index in [0.29, 0.717) is 27.0 Å². The molecule has 0 saturated heterocycles. The first-order chi connectivity index (χ1) is 8.04. The summed E-state index contributed by atoms with van der Waals surface area (Å²) in [6.45, 7) is 1.76. The molecule has 1 aromatic carbocycles. The van der Waals surface area contributed by atoms with Gasteiger partial charge in [-0.15, -0.1) is 0 Å². The summed E-state index contributed by atoms with van der Waals surface area (Å²) in [5.41, 5.74) is 0.319. The summed E-state index contributed by atoms with van der Waals surface area (Å²) in [6, 6.07) is 6.08. The minimum Gasteiger partial charge on any atom is -0.338 e. The van der Waals surface area contributed by atoms with Crippen LogP contribution in [0.15, 0.2) is 28.9 Å². The molecule has 17 heavy (non-hydrogen) atoms. The van der Waals surface area contributed by atoms with Crippen LogP contribution in [0.25, 0.3) is 0 Å². The summed E-state index contributed by atoms with van der Waals surface area (Å²) < 4.78 is 14.2. The largest absolute Gasteiger partial charge is 0.338 e. The third-order valence-corrected chi connectivity index (χ3v) is 2.64. The van der Waals surface area contributed by atoms with Gasteiger partial charge in [0.05, 0.1) is 5.69 Å². The van der Waals surface area contributed by atoms with Gasteiger partial charge in [0.2, 0.25) is 0 Å². The molecule has 6 heteroatoms. The molecule has 0 aliphatic carbocycles. The molecule has 0 unspecified atom stereocenters. The van der Waals surface area contributed by atoms with Crippen LogP contribution in [-0.4, -0.2) is 9.97 Å². The predicted molar refractivity (Wildman–Crippen MR) is 69.2 cm³/mol. The Morgan fingerprint density at radius 3 is 2.71 bits per heavy atom. The van der Waals surface area contributed by atoms with Crippen molar-refractivity contribution in [2.45, 2.75) is 6.92 Å². The number of aryl methyl sites for hydroxylation is 1. The number of anilines is 2. The van der Waals surface area contributed by atoms with E-state index in [2.05, 4.69) is 31.2 Å². The lowest BCUT2D eigenvalue weighted by Crippen LogP contribution is -1.99. The standard InChI is InChI=1S/C11H8BrClFN3/c1-6-15-10(12)5-11(16-6)17-9-3-2-7(13)4-8(9)14/h2-5H,1H3,(H,15,16,17). The van der Waals surface area contributed by atoms with Crippen LogP contribution in [0.2, 0.25) is 5.02 Å². The van der Waals surface area contributed by atoms with Gasteiger partial charge >= 0.3 is 0 Å². The summed E-state index contributed by atoms with van der Waals surface area (Å²) in [7, 11) is 0. The number of aromatic nitrogens is 2. The van der Waals surface area contributed by atoms with Gasteiger partial charge in [-0.3, -0.25) is 0 Å². The van der Waals surface area contributed by atoms with Crippen molar-refractivity contribution in [3.05, 3.63) is 45.5 Å². The zero-order valence-corrected chi connectivity index (χ0v) is 11.2. The molecule has 0 saturated carbocycles. The van der Waals surface area contributed by atoms with Crippen LogP contribution in [0.3, 0.4) is 0 Å². The summed E-state index contributed by atoms with van der Waals surface area (Å²) in [4.78, 5) is 8.20. The monoisotopic (exact) mass is 315 g/mol. The van der Waals surface area contributed by atoms with E-state index in [4.69, 9.17) is 11.6 Å². The highest BCUT2D eigenvalue weighted by molar-refractivity contribution is 9.10. The lowest BCUT2D eigenvalue weighted by atomic mass is 10.3. The molecule has 0 aliphatic heterocycles. The minimum atomic E-state index is -0.426. The Hall–Kier alpha value is -1.20. The number of nitrogens with zero attached hydrogens (tertiary/aromatic N) is 2. The van der Waals surface area contributed by atoms with Gasteiger partial charge in [-0.25, -0.2) is 14.4 Å². The predicted octanol–water partition coefficient (Wildman–Crippen LogP) is 4.08. The third-order valence-electron chi connectivity index (χ3n) is 2.00. The molecule has 1 aromatic heterocycles. The molecular weight excluding hydrogens is 308 g/mol. The quantitative estimate of drug-likeness (QED) is 0.848. The van der Waals surface area contributed by atoms with Crippen LogP contribution in [-0.2, 0) is 0 Å². The first-order valence-electron chi connectivity index (χ1n) is 4.78. The Balaban J connectivity index is 2.31. The van der Waals surface area contributed by atoms with Crippen molar-refractivity contribution in [1.29, 1.82) is 0 Å². The van der Waals surface area contributed by atoms with Crippen molar-refractivity contribution < 1.29 is 4.39 Å². The van der Waals surface area contributed by atoms with Gasteiger partial charge in [0.1, 0.15) is 22.1 Å². The normalized spacial score (nSPS) is 10.4. The fourth-order valence-corrected chi connectivity index (χ4v) is 1.96. The maximum Gasteiger partial charge on any atom is 0.148 e. The van der Waals surface area contributed by atoms with Crippen LogP contribution in [0.1, 0.15) is 5.82 Å². The number of hydrogen-bond donors (Lipinski definition) is 1. The van der Waals surface area contributed by atoms with E-state index >= 15 is 0 Å². The second-order valence-electron chi connectivity index (χ2n) is 3.37. The Morgan fingerprint density at radius 2 is 2.06 bits per heavy atom. The van der Waals surface area contributed by atoms with E-state index in [1.807, 2.05) is 0 Å². The molecule has 0 atom stereocenters. The van der Waals surface area contributed by atoms with Crippen molar-refractivity contribution >= 4 is 39.0 Å². The summed E-state index contributed by atoms with van der Waals surface area (Å²) >= 11 is 8.92. The van der Waals surface area contributed by atoms with Crippen molar-refractivity contribution in [1.82, 2.24) is 9.97 Å². The topological polar surface area (TPSA) is 37.8 Å². The fourth-order valence-electron chi connectivity index (χ4n) is 1.32. The molecule has 3 nitrogen and oxygen atoms in total. The highest BCUT2D eigenvalue weighted by Crippen LogP contribution is 2.23. The summed E-state index contributed by atoms with van der Waals surface area (Å²) in [5.74, 6) is 0.687. The Morgan fingerprint density at radius 1 is 1.29 bits per heavy atom. The zero-order chi connectivity index (χ0) is 12.4. The maximum atomic E-state index is 13.5. The molecule has 0 spiro atoms. The van der Waals surface area contributed by atoms with Gasteiger partial charge in [0.15, 0.2) is 0 Å². The van der Waals surface area contributed by atoms with E-state index in [9.17, 15) is 4.39 Å². The highest BCUT2D eigenvalue weighted by Gasteiger charge is 2.05. The second kappa shape index (κ2) is 4.98. The van der Waals surface area contributed by atoms with E-state index in [-0.39, 0.29) is 0 Å². The number of hydrogen-bond acceptors (Lipinski definition) is 3. The average molecular weight is 317 g/mol. The smallest absolute Gasteiger partial charge is 0.148 e. The molecule has 1 N–H and O–H groups in total. The van der Waals surface area contributed by atoms with Crippen molar-refractivity contribution in [3.8, 4) is 0 Å². The van der Waals surface area contributed by atoms with Crippen LogP contribution >= 0.6 is 27.5 Å². The number of benzene rings is 1. The number of rotatable bonds is 2. The van der Waals surface area contributed by atoms with E-state index in [0.717, 1.165) is 0 Å². The molecular formula is C11H8BrClFN3. The Bertz CT molecular complexity index is 542. The molecule has 0 amide bonds. The van der Waals surface area contributed by atoms with Crippen LogP contribution < -0.4 is 5.32 Å². The van der Waals surface area contributed by atoms with Gasteiger partial charge in [-0.1, -0.05) is 11.6 Å². The van der Waals surface area contributed by atoms with Crippen molar-refractivity contribution in [2.75, 3.05) is 5.32 Å². The number of halogens is 3. The molecule has 0 fully saturated rings. The zero-order valence-electron chi connectivity index (χ0n) is 8.84. The number of nitrogens with one attached hydrogen (secondary N) is 1. The van der Waals surface area contributed by atoms with Gasteiger partial charge in [-0.2, -0.15) is 0 Å². The van der Waals surface area contributed by atoms with Gasteiger partial charge in [-0.05, 0) is 41.1 Å². The highest BCUT2D eigenvalue weighted by atomic mass is 79.9.